The molecule has 2 aliphatic rings. The van der Waals surface area contributed by atoms with Crippen LogP contribution >= 0.6 is 0 Å². The highest BCUT2D eigenvalue weighted by Crippen LogP contribution is 2.44. The molecule has 1 saturated heterocycles. The van der Waals surface area contributed by atoms with E-state index in [4.69, 9.17) is 15.9 Å². The minimum Gasteiger partial charge on any atom is -0.480 e. The second-order valence-electron chi connectivity index (χ2n) is 9.93. The van der Waals surface area contributed by atoms with Crippen LogP contribution in [0.1, 0.15) is 28.2 Å². The van der Waals surface area contributed by atoms with Crippen LogP contribution in [0.5, 0.6) is 0 Å². The van der Waals surface area contributed by atoms with Gasteiger partial charge < -0.3 is 20.9 Å². The number of ether oxygens (including phenoxy) is 1. The van der Waals surface area contributed by atoms with Crippen LogP contribution in [0.2, 0.25) is 0 Å². The molecule has 0 spiro atoms. The maximum atomic E-state index is 13.0. The third kappa shape index (κ3) is 5.74. The number of carboxylic acids is 1. The number of nitrogen functional groups attached to an aromatic ring is 1. The summed E-state index contributed by atoms with van der Waals surface area (Å²) in [7, 11) is 0. The number of amides is 4. The fraction of sp³-hybridized carbons (Fsp3) is 0.233. The van der Waals surface area contributed by atoms with Crippen molar-refractivity contribution in [3.05, 3.63) is 95.1 Å². The van der Waals surface area contributed by atoms with Gasteiger partial charge in [0, 0.05) is 31.0 Å². The number of hydrogen-bond acceptors (Lipinski definition) is 6. The lowest BCUT2D eigenvalue weighted by Crippen LogP contribution is -2.44. The predicted molar refractivity (Wildman–Crippen MR) is 149 cm³/mol. The summed E-state index contributed by atoms with van der Waals surface area (Å²) in [4.78, 5) is 52.0. The van der Waals surface area contributed by atoms with Gasteiger partial charge >= 0.3 is 18.1 Å². The number of carboxylic acid groups (broad SMARTS) is 1. The Morgan fingerprint density at radius 2 is 1.59 bits per heavy atom. The van der Waals surface area contributed by atoms with Crippen molar-refractivity contribution in [2.75, 3.05) is 26.2 Å². The molecule has 3 aromatic rings. The number of benzene rings is 3. The van der Waals surface area contributed by atoms with E-state index in [0.717, 1.165) is 37.6 Å². The van der Waals surface area contributed by atoms with Gasteiger partial charge in [-0.2, -0.15) is 0 Å². The van der Waals surface area contributed by atoms with Crippen LogP contribution in [-0.4, -0.2) is 77.0 Å². The van der Waals surface area contributed by atoms with Gasteiger partial charge in [-0.15, -0.1) is 0 Å². The maximum absolute atomic E-state index is 13.0. The van der Waals surface area contributed by atoms with Crippen molar-refractivity contribution in [1.82, 2.24) is 15.1 Å². The van der Waals surface area contributed by atoms with Crippen molar-refractivity contribution < 1.29 is 29.0 Å². The largest absolute Gasteiger partial charge is 0.480 e. The zero-order valence-electron chi connectivity index (χ0n) is 22.1. The Morgan fingerprint density at radius 1 is 0.976 bits per heavy atom. The number of nitrogens with one attached hydrogen (secondary N) is 2. The molecule has 0 aromatic heterocycles. The maximum Gasteiger partial charge on any atom is 0.410 e. The Labute approximate surface area is 236 Å². The number of aliphatic carboxylic acids is 1. The molecule has 1 aliphatic heterocycles. The topological polar surface area (TPSA) is 166 Å². The van der Waals surface area contributed by atoms with Crippen molar-refractivity contribution >= 4 is 29.8 Å². The predicted octanol–water partition coefficient (Wildman–Crippen LogP) is 2.77. The van der Waals surface area contributed by atoms with Crippen LogP contribution in [0.25, 0.3) is 11.1 Å². The van der Waals surface area contributed by atoms with Crippen molar-refractivity contribution in [1.29, 1.82) is 5.41 Å². The molecule has 1 fully saturated rings. The van der Waals surface area contributed by atoms with E-state index in [0.29, 0.717) is 5.56 Å². The lowest BCUT2D eigenvalue weighted by atomic mass is 9.98. The van der Waals surface area contributed by atoms with Crippen LogP contribution in [-0.2, 0) is 20.7 Å². The van der Waals surface area contributed by atoms with E-state index >= 15 is 0 Å². The van der Waals surface area contributed by atoms with Gasteiger partial charge in [0.05, 0.1) is 0 Å². The molecule has 0 radical (unpaired) electrons. The van der Waals surface area contributed by atoms with Gasteiger partial charge in [0.25, 0.3) is 5.91 Å². The van der Waals surface area contributed by atoms with E-state index in [2.05, 4.69) is 5.32 Å². The van der Waals surface area contributed by atoms with E-state index in [1.54, 1.807) is 24.3 Å². The standard InChI is InChI=1S/C30H29N5O6/c31-27(32)19-11-9-18(10-12-19)15-25-28(38)35(29(39)33-25)14-13-34(16-26(36)37)30(40)41-17-24-22-7-3-1-5-20(22)21-6-2-4-8-23(21)24/h1-12,24-25H,13-17H2,(H3,31,32)(H,33,39)(H,36,37). The number of imide groups is 1. The van der Waals surface area contributed by atoms with Gasteiger partial charge in [0.15, 0.2) is 0 Å². The summed E-state index contributed by atoms with van der Waals surface area (Å²) in [6.45, 7) is -1.03. The summed E-state index contributed by atoms with van der Waals surface area (Å²) in [5, 5.41) is 19.5. The van der Waals surface area contributed by atoms with Gasteiger partial charge in [0.1, 0.15) is 25.0 Å². The van der Waals surface area contributed by atoms with Gasteiger partial charge in [0.2, 0.25) is 0 Å². The first-order chi connectivity index (χ1) is 19.7. The Hall–Kier alpha value is -5.19. The van der Waals surface area contributed by atoms with Crippen LogP contribution in [0.3, 0.4) is 0 Å². The Bertz CT molecular complexity index is 1480. The quantitative estimate of drug-likeness (QED) is 0.170. The summed E-state index contributed by atoms with van der Waals surface area (Å²) in [5.74, 6) is -2.00. The molecule has 0 bridgehead atoms. The highest BCUT2D eigenvalue weighted by molar-refractivity contribution is 6.04. The number of urea groups is 1. The zero-order valence-corrected chi connectivity index (χ0v) is 22.1. The van der Waals surface area contributed by atoms with Crippen LogP contribution in [0.15, 0.2) is 72.8 Å². The third-order valence-electron chi connectivity index (χ3n) is 7.33. The first-order valence-corrected chi connectivity index (χ1v) is 13.1. The molecule has 11 nitrogen and oxygen atoms in total. The summed E-state index contributed by atoms with van der Waals surface area (Å²) in [6.07, 6.45) is -0.617. The highest BCUT2D eigenvalue weighted by Gasteiger charge is 2.38. The minimum atomic E-state index is -1.25. The van der Waals surface area contributed by atoms with Crippen LogP contribution in [0.4, 0.5) is 9.59 Å². The van der Waals surface area contributed by atoms with E-state index in [-0.39, 0.29) is 37.9 Å². The number of rotatable bonds is 10. The smallest absolute Gasteiger partial charge is 0.410 e. The van der Waals surface area contributed by atoms with Gasteiger partial charge in [-0.05, 0) is 27.8 Å². The normalized spacial score (nSPS) is 15.7. The first kappa shape index (κ1) is 27.4. The number of amidine groups is 1. The average Bonchev–Trinajstić information content (AvgIpc) is 3.42. The number of hydrogen-bond donors (Lipinski definition) is 4. The monoisotopic (exact) mass is 555 g/mol. The molecule has 1 unspecified atom stereocenters. The Balaban J connectivity index is 1.21. The molecule has 5 N–H and O–H groups in total. The van der Waals surface area contributed by atoms with Gasteiger partial charge in [-0.1, -0.05) is 72.8 Å². The molecule has 1 aliphatic carbocycles. The molecule has 0 saturated carbocycles. The van der Waals surface area contributed by atoms with Crippen molar-refractivity contribution in [2.45, 2.75) is 18.4 Å². The molecular weight excluding hydrogens is 526 g/mol. The first-order valence-electron chi connectivity index (χ1n) is 13.1. The highest BCUT2D eigenvalue weighted by atomic mass is 16.6. The molecule has 1 heterocycles. The molecule has 4 amide bonds. The molecule has 11 heteroatoms. The molecule has 1 atom stereocenters. The van der Waals surface area contributed by atoms with E-state index in [1.807, 2.05) is 48.5 Å². The second kappa shape index (κ2) is 11.5. The molecule has 210 valence electrons. The fourth-order valence-electron chi connectivity index (χ4n) is 5.29. The number of carbonyl (C=O) groups is 4. The minimum absolute atomic E-state index is 0.0105. The van der Waals surface area contributed by atoms with Crippen molar-refractivity contribution in [3.63, 3.8) is 0 Å². The number of carbonyl (C=O) groups excluding carboxylic acids is 3. The SMILES string of the molecule is N=C(N)c1ccc(CC2NC(=O)N(CCN(CC(=O)O)C(=O)OCC3c4ccccc4-c4ccccc43)C2=O)cc1. The summed E-state index contributed by atoms with van der Waals surface area (Å²) < 4.78 is 5.59. The lowest BCUT2D eigenvalue weighted by molar-refractivity contribution is -0.138. The van der Waals surface area contributed by atoms with Gasteiger partial charge in [-0.25, -0.2) is 9.59 Å². The van der Waals surface area contributed by atoms with Gasteiger partial charge in [-0.3, -0.25) is 24.8 Å². The number of nitrogens with zero attached hydrogens (tertiary/aromatic N) is 2. The summed E-state index contributed by atoms with van der Waals surface area (Å²) >= 11 is 0. The van der Waals surface area contributed by atoms with E-state index in [9.17, 15) is 24.3 Å². The molecule has 41 heavy (non-hydrogen) atoms. The van der Waals surface area contributed by atoms with E-state index < -0.39 is 36.6 Å². The molecular formula is C30H29N5O6. The molecule has 5 rings (SSSR count). The van der Waals surface area contributed by atoms with Crippen LogP contribution < -0.4 is 11.1 Å². The third-order valence-corrected chi connectivity index (χ3v) is 7.33. The van der Waals surface area contributed by atoms with Crippen LogP contribution in [0, 0.1) is 5.41 Å². The number of fused-ring (bicyclic) bond motifs is 3. The van der Waals surface area contributed by atoms with E-state index in [1.165, 1.54) is 0 Å². The fourth-order valence-corrected chi connectivity index (χ4v) is 5.29. The molecule has 3 aromatic carbocycles. The zero-order chi connectivity index (χ0) is 29.1. The number of nitrogens with two attached hydrogens (primary N) is 1. The lowest BCUT2D eigenvalue weighted by Gasteiger charge is -2.24. The summed E-state index contributed by atoms with van der Waals surface area (Å²) in [6, 6.07) is 21.1. The van der Waals surface area contributed by atoms with Crippen molar-refractivity contribution in [3.8, 4) is 11.1 Å². The Morgan fingerprint density at radius 3 is 2.17 bits per heavy atom. The van der Waals surface area contributed by atoms with Crippen molar-refractivity contribution in [2.24, 2.45) is 5.73 Å². The Kier molecular flexibility index (Phi) is 7.68. The second-order valence-corrected chi connectivity index (χ2v) is 9.93. The summed E-state index contributed by atoms with van der Waals surface area (Å²) in [5.41, 5.74) is 11.0. The average molecular weight is 556 g/mol.